The van der Waals surface area contributed by atoms with Gasteiger partial charge in [0.2, 0.25) is 0 Å². The van der Waals surface area contributed by atoms with E-state index in [1.807, 2.05) is 0 Å². The number of ether oxygens (including phenoxy) is 1. The van der Waals surface area contributed by atoms with Gasteiger partial charge in [-0.2, -0.15) is 0 Å². The molecule has 2 amide bonds. The summed E-state index contributed by atoms with van der Waals surface area (Å²) < 4.78 is 4.83. The molecule has 1 fully saturated rings. The van der Waals surface area contributed by atoms with Gasteiger partial charge < -0.3 is 9.84 Å². The Balaban J connectivity index is 2.21. The number of carboxylic acid groups (broad SMARTS) is 1. The second-order valence-corrected chi connectivity index (χ2v) is 5.90. The fourth-order valence-electron chi connectivity index (χ4n) is 2.06. The Morgan fingerprint density at radius 3 is 2.46 bits per heavy atom. The number of amides is 2. The first-order chi connectivity index (χ1) is 11.3. The number of hydrogen-bond acceptors (Lipinski definition) is 6. The first kappa shape index (κ1) is 17.7. The van der Waals surface area contributed by atoms with Gasteiger partial charge in [0.25, 0.3) is 11.1 Å². The van der Waals surface area contributed by atoms with Crippen molar-refractivity contribution in [1.82, 2.24) is 4.90 Å². The molecule has 0 saturated carbocycles. The van der Waals surface area contributed by atoms with E-state index in [9.17, 15) is 19.2 Å². The van der Waals surface area contributed by atoms with Crippen LogP contribution in [0.5, 0.6) is 0 Å². The standard InChI is InChI=1S/C16H15NO6S/c1-3-23-15(21)9(2)17-13(18)12(24-16(17)22)8-10-4-6-11(7-5-10)14(19)20/h4-9H,3H2,1-2H3,(H,19,20). The number of thioether (sulfide) groups is 1. The second kappa shape index (κ2) is 7.31. The van der Waals surface area contributed by atoms with Crippen LogP contribution in [0.3, 0.4) is 0 Å². The Hall–Kier alpha value is -2.61. The SMILES string of the molecule is CCOC(=O)C(C)N1C(=O)SC(=Cc2ccc(C(=O)O)cc2)C1=O. The molecule has 0 bridgehead atoms. The molecule has 1 saturated heterocycles. The summed E-state index contributed by atoms with van der Waals surface area (Å²) in [7, 11) is 0. The van der Waals surface area contributed by atoms with Crippen molar-refractivity contribution >= 4 is 40.9 Å². The normalized spacial score (nSPS) is 17.2. The lowest BCUT2D eigenvalue weighted by atomic mass is 10.1. The van der Waals surface area contributed by atoms with Crippen LogP contribution < -0.4 is 0 Å². The summed E-state index contributed by atoms with van der Waals surface area (Å²) in [5.41, 5.74) is 0.700. The van der Waals surface area contributed by atoms with Crippen molar-refractivity contribution < 1.29 is 29.0 Å². The van der Waals surface area contributed by atoms with Gasteiger partial charge in [-0.25, -0.2) is 9.59 Å². The van der Waals surface area contributed by atoms with E-state index < -0.39 is 29.1 Å². The molecule has 0 aliphatic carbocycles. The Labute approximate surface area is 142 Å². The van der Waals surface area contributed by atoms with Crippen molar-refractivity contribution in [3.8, 4) is 0 Å². The van der Waals surface area contributed by atoms with Crippen LogP contribution in [-0.2, 0) is 14.3 Å². The molecule has 1 aliphatic heterocycles. The smallest absolute Gasteiger partial charge is 0.335 e. The molecule has 1 N–H and O–H groups in total. The van der Waals surface area contributed by atoms with E-state index in [0.717, 1.165) is 16.7 Å². The fraction of sp³-hybridized carbons (Fsp3) is 0.250. The average Bonchev–Trinajstić information content (AvgIpc) is 2.81. The van der Waals surface area contributed by atoms with Gasteiger partial charge in [0.1, 0.15) is 6.04 Å². The van der Waals surface area contributed by atoms with Crippen molar-refractivity contribution in [2.75, 3.05) is 6.61 Å². The number of carboxylic acids is 1. The summed E-state index contributed by atoms with van der Waals surface area (Å²) in [5.74, 6) is -2.27. The molecule has 7 nitrogen and oxygen atoms in total. The van der Waals surface area contributed by atoms with Crippen LogP contribution in [0.1, 0.15) is 29.8 Å². The Morgan fingerprint density at radius 1 is 1.29 bits per heavy atom. The average molecular weight is 349 g/mol. The van der Waals surface area contributed by atoms with Gasteiger partial charge in [0, 0.05) is 0 Å². The molecule has 2 rings (SSSR count). The summed E-state index contributed by atoms with van der Waals surface area (Å²) in [5, 5.41) is 8.31. The number of imide groups is 1. The van der Waals surface area contributed by atoms with Crippen LogP contribution in [0, 0.1) is 0 Å². The van der Waals surface area contributed by atoms with Gasteiger partial charge in [-0.1, -0.05) is 12.1 Å². The molecule has 1 aromatic rings. The van der Waals surface area contributed by atoms with Gasteiger partial charge in [0.05, 0.1) is 17.1 Å². The number of nitrogens with zero attached hydrogens (tertiary/aromatic N) is 1. The number of benzene rings is 1. The number of aromatic carboxylic acids is 1. The lowest BCUT2D eigenvalue weighted by Crippen LogP contribution is -2.42. The molecule has 0 spiro atoms. The van der Waals surface area contributed by atoms with Gasteiger partial charge >= 0.3 is 11.9 Å². The molecule has 0 aromatic heterocycles. The highest BCUT2D eigenvalue weighted by molar-refractivity contribution is 8.18. The molecular formula is C16H15NO6S. The monoisotopic (exact) mass is 349 g/mol. The summed E-state index contributed by atoms with van der Waals surface area (Å²) in [6.45, 7) is 3.23. The van der Waals surface area contributed by atoms with Crippen molar-refractivity contribution in [2.45, 2.75) is 19.9 Å². The quantitative estimate of drug-likeness (QED) is 0.643. The number of esters is 1. The third-order valence-electron chi connectivity index (χ3n) is 3.29. The zero-order valence-electron chi connectivity index (χ0n) is 13.0. The van der Waals surface area contributed by atoms with E-state index in [-0.39, 0.29) is 17.1 Å². The summed E-state index contributed by atoms with van der Waals surface area (Å²) >= 11 is 0.725. The van der Waals surface area contributed by atoms with E-state index >= 15 is 0 Å². The largest absolute Gasteiger partial charge is 0.478 e. The molecule has 1 unspecified atom stereocenters. The molecule has 1 atom stereocenters. The van der Waals surface area contributed by atoms with Crippen LogP contribution in [0.25, 0.3) is 6.08 Å². The van der Waals surface area contributed by atoms with Gasteiger partial charge in [-0.15, -0.1) is 0 Å². The molecule has 1 heterocycles. The first-order valence-corrected chi connectivity index (χ1v) is 7.93. The van der Waals surface area contributed by atoms with Crippen LogP contribution in [0.15, 0.2) is 29.2 Å². The summed E-state index contributed by atoms with van der Waals surface area (Å²) in [6.07, 6.45) is 1.48. The number of rotatable bonds is 5. The summed E-state index contributed by atoms with van der Waals surface area (Å²) in [6, 6.07) is 4.87. The first-order valence-electron chi connectivity index (χ1n) is 7.12. The van der Waals surface area contributed by atoms with Gasteiger partial charge in [-0.05, 0) is 49.4 Å². The third kappa shape index (κ3) is 3.65. The minimum Gasteiger partial charge on any atom is -0.478 e. The van der Waals surface area contributed by atoms with Gasteiger partial charge in [0.15, 0.2) is 0 Å². The number of hydrogen-bond donors (Lipinski definition) is 1. The predicted molar refractivity (Wildman–Crippen MR) is 87.3 cm³/mol. The van der Waals surface area contributed by atoms with Crippen molar-refractivity contribution in [3.05, 3.63) is 40.3 Å². The highest BCUT2D eigenvalue weighted by Crippen LogP contribution is 2.33. The Kier molecular flexibility index (Phi) is 5.40. The van der Waals surface area contributed by atoms with E-state index in [2.05, 4.69) is 0 Å². The third-order valence-corrected chi connectivity index (χ3v) is 4.18. The Morgan fingerprint density at radius 2 is 1.92 bits per heavy atom. The van der Waals surface area contributed by atoms with Crippen LogP contribution in [-0.4, -0.2) is 45.7 Å². The Bertz CT molecular complexity index is 725. The van der Waals surface area contributed by atoms with Crippen molar-refractivity contribution in [3.63, 3.8) is 0 Å². The van der Waals surface area contributed by atoms with E-state index in [4.69, 9.17) is 9.84 Å². The number of carbonyl (C=O) groups is 4. The summed E-state index contributed by atoms with van der Waals surface area (Å²) in [4.78, 5) is 48.0. The van der Waals surface area contributed by atoms with Crippen LogP contribution in [0.2, 0.25) is 0 Å². The van der Waals surface area contributed by atoms with Crippen LogP contribution in [0.4, 0.5) is 4.79 Å². The maximum atomic E-state index is 12.4. The number of carbonyl (C=O) groups excluding carboxylic acids is 3. The van der Waals surface area contributed by atoms with E-state index in [1.165, 1.54) is 37.3 Å². The molecule has 1 aliphatic rings. The predicted octanol–water partition coefficient (Wildman–Crippen LogP) is 2.37. The molecule has 0 radical (unpaired) electrons. The maximum absolute atomic E-state index is 12.4. The van der Waals surface area contributed by atoms with E-state index in [0.29, 0.717) is 5.56 Å². The van der Waals surface area contributed by atoms with Crippen LogP contribution >= 0.6 is 11.8 Å². The fourth-order valence-corrected chi connectivity index (χ4v) is 2.96. The van der Waals surface area contributed by atoms with Crippen molar-refractivity contribution in [2.24, 2.45) is 0 Å². The van der Waals surface area contributed by atoms with Crippen molar-refractivity contribution in [1.29, 1.82) is 0 Å². The second-order valence-electron chi connectivity index (χ2n) is 4.91. The zero-order valence-corrected chi connectivity index (χ0v) is 13.8. The zero-order chi connectivity index (χ0) is 17.9. The maximum Gasteiger partial charge on any atom is 0.335 e. The molecule has 24 heavy (non-hydrogen) atoms. The van der Waals surface area contributed by atoms with Gasteiger partial charge in [-0.3, -0.25) is 14.5 Å². The lowest BCUT2D eigenvalue weighted by Gasteiger charge is -2.19. The molecular weight excluding hydrogens is 334 g/mol. The minimum absolute atomic E-state index is 0.121. The highest BCUT2D eigenvalue weighted by atomic mass is 32.2. The molecule has 8 heteroatoms. The topological polar surface area (TPSA) is 101 Å². The molecule has 1 aromatic carbocycles. The molecule has 126 valence electrons. The minimum atomic E-state index is -1.05. The van der Waals surface area contributed by atoms with E-state index in [1.54, 1.807) is 6.92 Å². The lowest BCUT2D eigenvalue weighted by molar-refractivity contribution is -0.150. The highest BCUT2D eigenvalue weighted by Gasteiger charge is 2.41.